The van der Waals surface area contributed by atoms with E-state index in [9.17, 15) is 5.26 Å². The van der Waals surface area contributed by atoms with Crippen LogP contribution >= 0.6 is 0 Å². The predicted molar refractivity (Wildman–Crippen MR) is 96.4 cm³/mol. The molecule has 5 rings (SSSR count). The minimum absolute atomic E-state index is 0.212. The standard InChI is InChI=1S/C21H23N3/c1-2-21-10-5-12-23-13-9-17-16-6-3-4-7-18(16)24(19(17)20(21)23)15(14-21)8-11-22/h3-4,6-7,14,20H,2,5,8-10,12-13H2,1H3/t20-,21+/m1/s1. The molecule has 1 saturated heterocycles. The normalized spacial score (nSPS) is 28.3. The van der Waals surface area contributed by atoms with Crippen LogP contribution in [-0.2, 0) is 6.42 Å². The zero-order valence-electron chi connectivity index (χ0n) is 14.3. The maximum Gasteiger partial charge on any atom is 0.0755 e. The van der Waals surface area contributed by atoms with E-state index in [4.69, 9.17) is 0 Å². The minimum Gasteiger partial charge on any atom is -0.315 e. The van der Waals surface area contributed by atoms with Crippen LogP contribution in [0.1, 0.15) is 49.9 Å². The third kappa shape index (κ3) is 1.65. The Balaban J connectivity index is 1.88. The Morgan fingerprint density at radius 1 is 1.29 bits per heavy atom. The molecule has 1 aromatic carbocycles. The summed E-state index contributed by atoms with van der Waals surface area (Å²) >= 11 is 0. The molecule has 0 radical (unpaired) electrons. The largest absolute Gasteiger partial charge is 0.315 e. The van der Waals surface area contributed by atoms with Gasteiger partial charge in [-0.3, -0.25) is 4.90 Å². The van der Waals surface area contributed by atoms with E-state index >= 15 is 0 Å². The van der Waals surface area contributed by atoms with E-state index in [-0.39, 0.29) is 5.41 Å². The number of aromatic nitrogens is 1. The SMILES string of the molecule is CC[C@@]12C=C(CC#N)n3c4c(c5ccccc53)CCN(CCC1)[C@H]42. The highest BCUT2D eigenvalue weighted by atomic mass is 15.2. The first kappa shape index (κ1) is 14.3. The van der Waals surface area contributed by atoms with Crippen LogP contribution in [0.3, 0.4) is 0 Å². The van der Waals surface area contributed by atoms with Gasteiger partial charge in [0.1, 0.15) is 0 Å². The molecule has 3 aliphatic rings. The second kappa shape index (κ2) is 4.97. The highest BCUT2D eigenvalue weighted by Gasteiger charge is 2.50. The smallest absolute Gasteiger partial charge is 0.0755 e. The Morgan fingerprint density at radius 2 is 2.17 bits per heavy atom. The highest BCUT2D eigenvalue weighted by Crippen LogP contribution is 2.57. The first-order chi connectivity index (χ1) is 11.8. The number of para-hydroxylation sites is 1. The number of hydrogen-bond donors (Lipinski definition) is 0. The molecule has 0 amide bonds. The molecule has 0 spiro atoms. The van der Waals surface area contributed by atoms with Crippen molar-refractivity contribution in [3.05, 3.63) is 41.6 Å². The van der Waals surface area contributed by atoms with Gasteiger partial charge in [0.2, 0.25) is 0 Å². The molecule has 3 heteroatoms. The Labute approximate surface area is 143 Å². The zero-order chi connectivity index (χ0) is 16.3. The van der Waals surface area contributed by atoms with Gasteiger partial charge in [-0.2, -0.15) is 5.26 Å². The number of nitriles is 1. The molecule has 1 aromatic heterocycles. The number of allylic oxidation sites excluding steroid dienone is 1. The summed E-state index contributed by atoms with van der Waals surface area (Å²) in [5, 5.41) is 10.8. The Kier molecular flexibility index (Phi) is 2.96. The monoisotopic (exact) mass is 317 g/mol. The number of rotatable bonds is 2. The van der Waals surface area contributed by atoms with Crippen molar-refractivity contribution >= 4 is 16.6 Å². The fourth-order valence-corrected chi connectivity index (χ4v) is 5.60. The van der Waals surface area contributed by atoms with Gasteiger partial charge in [-0.05, 0) is 43.9 Å². The molecular weight excluding hydrogens is 294 g/mol. The number of fused-ring (bicyclic) bond motifs is 3. The van der Waals surface area contributed by atoms with Gasteiger partial charge in [-0.1, -0.05) is 31.2 Å². The average Bonchev–Trinajstić information content (AvgIpc) is 2.96. The van der Waals surface area contributed by atoms with Gasteiger partial charge in [0.25, 0.3) is 0 Å². The van der Waals surface area contributed by atoms with Crippen LogP contribution in [0, 0.1) is 16.7 Å². The van der Waals surface area contributed by atoms with Crippen molar-refractivity contribution in [2.75, 3.05) is 13.1 Å². The number of hydrogen-bond acceptors (Lipinski definition) is 2. The molecule has 3 aliphatic heterocycles. The molecule has 24 heavy (non-hydrogen) atoms. The van der Waals surface area contributed by atoms with E-state index < -0.39 is 0 Å². The quantitative estimate of drug-likeness (QED) is 0.817. The van der Waals surface area contributed by atoms with E-state index in [0.717, 1.165) is 12.8 Å². The van der Waals surface area contributed by atoms with Gasteiger partial charge in [0.15, 0.2) is 0 Å². The van der Waals surface area contributed by atoms with Crippen molar-refractivity contribution in [2.24, 2.45) is 5.41 Å². The minimum atomic E-state index is 0.212. The average molecular weight is 317 g/mol. The zero-order valence-corrected chi connectivity index (χ0v) is 14.3. The topological polar surface area (TPSA) is 32.0 Å². The van der Waals surface area contributed by atoms with Crippen molar-refractivity contribution < 1.29 is 0 Å². The maximum atomic E-state index is 9.43. The Morgan fingerprint density at radius 3 is 3.00 bits per heavy atom. The molecule has 122 valence electrons. The molecule has 1 fully saturated rings. The summed E-state index contributed by atoms with van der Waals surface area (Å²) in [6.45, 7) is 4.72. The van der Waals surface area contributed by atoms with Gasteiger partial charge < -0.3 is 4.57 Å². The lowest BCUT2D eigenvalue weighted by molar-refractivity contribution is 0.0269. The summed E-state index contributed by atoms with van der Waals surface area (Å²) in [5.74, 6) is 0. The second-order valence-corrected chi connectivity index (χ2v) is 7.57. The van der Waals surface area contributed by atoms with Crippen LogP contribution < -0.4 is 0 Å². The first-order valence-electron chi connectivity index (χ1n) is 9.24. The second-order valence-electron chi connectivity index (χ2n) is 7.57. The molecule has 0 aliphatic carbocycles. The van der Waals surface area contributed by atoms with Crippen molar-refractivity contribution in [3.63, 3.8) is 0 Å². The molecule has 0 saturated carbocycles. The van der Waals surface area contributed by atoms with Crippen LogP contribution in [0.15, 0.2) is 30.3 Å². The van der Waals surface area contributed by atoms with Crippen molar-refractivity contribution in [1.82, 2.24) is 9.47 Å². The number of piperidine rings is 1. The summed E-state index contributed by atoms with van der Waals surface area (Å²) in [7, 11) is 0. The van der Waals surface area contributed by atoms with Gasteiger partial charge >= 0.3 is 0 Å². The molecule has 4 heterocycles. The summed E-state index contributed by atoms with van der Waals surface area (Å²) in [6.07, 6.45) is 7.79. The third-order valence-corrected chi connectivity index (χ3v) is 6.59. The lowest BCUT2D eigenvalue weighted by Crippen LogP contribution is -2.50. The third-order valence-electron chi connectivity index (χ3n) is 6.59. The van der Waals surface area contributed by atoms with Crippen LogP contribution in [0.2, 0.25) is 0 Å². The van der Waals surface area contributed by atoms with E-state index in [1.807, 2.05) is 0 Å². The molecule has 3 nitrogen and oxygen atoms in total. The summed E-state index contributed by atoms with van der Waals surface area (Å²) < 4.78 is 2.43. The van der Waals surface area contributed by atoms with E-state index in [1.54, 1.807) is 0 Å². The van der Waals surface area contributed by atoms with Gasteiger partial charge in [-0.15, -0.1) is 0 Å². The Hall–Kier alpha value is -2.05. The number of nitrogens with zero attached hydrogens (tertiary/aromatic N) is 3. The summed E-state index contributed by atoms with van der Waals surface area (Å²) in [5.41, 5.74) is 5.74. The van der Waals surface area contributed by atoms with Crippen LogP contribution in [0.25, 0.3) is 16.6 Å². The fraction of sp³-hybridized carbons (Fsp3) is 0.476. The molecular formula is C21H23N3. The van der Waals surface area contributed by atoms with Gasteiger partial charge in [0, 0.05) is 28.7 Å². The van der Waals surface area contributed by atoms with Gasteiger partial charge in [-0.25, -0.2) is 0 Å². The molecule has 0 unspecified atom stereocenters. The molecule has 0 bridgehead atoms. The van der Waals surface area contributed by atoms with E-state index in [0.29, 0.717) is 12.5 Å². The fourth-order valence-electron chi connectivity index (χ4n) is 5.60. The summed E-state index contributed by atoms with van der Waals surface area (Å²) in [4.78, 5) is 2.71. The van der Waals surface area contributed by atoms with Crippen LogP contribution in [0.5, 0.6) is 0 Å². The van der Waals surface area contributed by atoms with Crippen LogP contribution in [-0.4, -0.2) is 22.6 Å². The number of benzene rings is 1. The van der Waals surface area contributed by atoms with E-state index in [1.165, 1.54) is 53.8 Å². The molecule has 0 N–H and O–H groups in total. The van der Waals surface area contributed by atoms with Crippen molar-refractivity contribution in [2.45, 2.75) is 45.1 Å². The predicted octanol–water partition coefficient (Wildman–Crippen LogP) is 4.50. The lowest BCUT2D eigenvalue weighted by atomic mass is 9.66. The van der Waals surface area contributed by atoms with Crippen molar-refractivity contribution in [3.8, 4) is 6.07 Å². The Bertz CT molecular complexity index is 898. The molecule has 2 aromatic rings. The summed E-state index contributed by atoms with van der Waals surface area (Å²) in [6, 6.07) is 11.7. The van der Waals surface area contributed by atoms with Gasteiger partial charge in [0.05, 0.1) is 24.0 Å². The highest BCUT2D eigenvalue weighted by molar-refractivity contribution is 5.90. The van der Waals surface area contributed by atoms with Crippen LogP contribution in [0.4, 0.5) is 0 Å². The first-order valence-corrected chi connectivity index (χ1v) is 9.24. The lowest BCUT2D eigenvalue weighted by Gasteiger charge is -2.53. The van der Waals surface area contributed by atoms with E-state index in [2.05, 4.69) is 52.8 Å². The van der Waals surface area contributed by atoms with Crippen molar-refractivity contribution in [1.29, 1.82) is 5.26 Å². The maximum absolute atomic E-state index is 9.43. The molecule has 2 atom stereocenters.